The van der Waals surface area contributed by atoms with Crippen LogP contribution in [0.1, 0.15) is 115 Å². The molecule has 7 rings (SSSR count). The fourth-order valence-corrected chi connectivity index (χ4v) is 10.9. The summed E-state index contributed by atoms with van der Waals surface area (Å²) in [6.07, 6.45) is 21.1. The van der Waals surface area contributed by atoms with Gasteiger partial charge < -0.3 is 0 Å². The van der Waals surface area contributed by atoms with Crippen molar-refractivity contribution >= 4 is 22.0 Å². The summed E-state index contributed by atoms with van der Waals surface area (Å²) in [5, 5.41) is 0. The molecule has 6 heteroatoms. The van der Waals surface area contributed by atoms with Gasteiger partial charge in [0.25, 0.3) is 5.56 Å². The summed E-state index contributed by atoms with van der Waals surface area (Å²) in [5.74, 6) is 3.67. The Bertz CT molecular complexity index is 1700. The fourth-order valence-electron chi connectivity index (χ4n) is 10.7. The summed E-state index contributed by atoms with van der Waals surface area (Å²) in [5.41, 5.74) is 5.10. The van der Waals surface area contributed by atoms with E-state index in [1.54, 1.807) is 5.57 Å². The molecule has 240 valence electrons. The van der Waals surface area contributed by atoms with Crippen molar-refractivity contribution in [2.45, 2.75) is 111 Å². The Morgan fingerprint density at radius 1 is 0.956 bits per heavy atom. The molecule has 0 spiro atoms. The van der Waals surface area contributed by atoms with E-state index >= 15 is 0 Å². The van der Waals surface area contributed by atoms with Crippen LogP contribution in [0.5, 0.6) is 0 Å². The highest BCUT2D eigenvalue weighted by Crippen LogP contribution is 2.67. The Labute approximate surface area is 277 Å². The van der Waals surface area contributed by atoms with Gasteiger partial charge in [-0.3, -0.25) is 13.9 Å². The minimum absolute atomic E-state index is 0.0942. The lowest BCUT2D eigenvalue weighted by molar-refractivity contribution is -0.0478. The van der Waals surface area contributed by atoms with Crippen LogP contribution in [0.4, 0.5) is 0 Å². The number of allylic oxidation sites excluding steroid dienone is 1. The van der Waals surface area contributed by atoms with Crippen molar-refractivity contribution in [2.75, 3.05) is 0 Å². The van der Waals surface area contributed by atoms with Gasteiger partial charge in [0, 0.05) is 17.2 Å². The lowest BCUT2D eigenvalue weighted by atomic mass is 9.46. The van der Waals surface area contributed by atoms with Crippen molar-refractivity contribution in [3.8, 4) is 17.1 Å². The SMILES string of the molecule is CCCCCCCC[C@H]1CC[C@H]2[C@@H]3CCC4=Cc5c(cc6c(=O)n(C)c(=O)nc-6n5-c5ccc(Br)cc5)C[C@]4(C)[C@H]3CC[C@]12C. The minimum Gasteiger partial charge on any atom is -0.294 e. The van der Waals surface area contributed by atoms with Crippen LogP contribution in [0, 0.1) is 34.5 Å². The number of nitrogens with zero attached hydrogens (tertiary/aromatic N) is 3. The Hall–Kier alpha value is -2.47. The third-order valence-electron chi connectivity index (χ3n) is 13.2. The number of benzene rings is 1. The van der Waals surface area contributed by atoms with Crippen molar-refractivity contribution in [2.24, 2.45) is 41.5 Å². The molecule has 1 aromatic carbocycles. The molecule has 0 radical (unpaired) electrons. The zero-order chi connectivity index (χ0) is 31.5. The summed E-state index contributed by atoms with van der Waals surface area (Å²) >= 11 is 3.57. The first kappa shape index (κ1) is 31.1. The van der Waals surface area contributed by atoms with Crippen molar-refractivity contribution in [1.82, 2.24) is 14.1 Å². The van der Waals surface area contributed by atoms with Crippen LogP contribution in [0.15, 0.2) is 50.0 Å². The molecule has 0 aromatic heterocycles. The number of rotatable bonds is 8. The number of fused-ring (bicyclic) bond motifs is 7. The van der Waals surface area contributed by atoms with E-state index in [1.165, 1.54) is 89.7 Å². The van der Waals surface area contributed by atoms with Gasteiger partial charge in [0.1, 0.15) is 0 Å². The van der Waals surface area contributed by atoms with Gasteiger partial charge in [-0.25, -0.2) is 4.79 Å². The number of halogens is 1. The molecule has 4 aliphatic carbocycles. The topological polar surface area (TPSA) is 56.9 Å². The van der Waals surface area contributed by atoms with Gasteiger partial charge in [-0.15, -0.1) is 0 Å². The van der Waals surface area contributed by atoms with Crippen LogP contribution in [-0.4, -0.2) is 14.1 Å². The van der Waals surface area contributed by atoms with E-state index in [0.717, 1.165) is 51.0 Å². The lowest BCUT2D eigenvalue weighted by Crippen LogP contribution is -2.51. The maximum absolute atomic E-state index is 13.5. The van der Waals surface area contributed by atoms with E-state index in [1.807, 2.05) is 24.3 Å². The predicted molar refractivity (Wildman–Crippen MR) is 187 cm³/mol. The molecule has 6 aliphatic rings. The van der Waals surface area contributed by atoms with E-state index < -0.39 is 5.69 Å². The Morgan fingerprint density at radius 2 is 1.71 bits per heavy atom. The molecule has 0 saturated heterocycles. The maximum atomic E-state index is 13.5. The molecule has 2 heterocycles. The standard InChI is InChI=1S/C39H50BrN3O2/c1-5-6-7-8-9-10-11-26-13-19-32-30-18-12-27-23-34-25(24-39(27,3)33(30)20-21-38(26,32)2)22-31-35(41-37(45)42(4)36(31)44)43(34)29-16-14-28(40)15-17-29/h14-17,22-23,26,30,32-33H,5-13,18-21,24H2,1-4H3/t26-,30-,32-,33-,38+,39-/m0/s1. The van der Waals surface area contributed by atoms with Crippen LogP contribution in [0.2, 0.25) is 0 Å². The molecule has 0 bridgehead atoms. The second kappa shape index (κ2) is 12.0. The van der Waals surface area contributed by atoms with Crippen molar-refractivity contribution < 1.29 is 0 Å². The number of pyridine rings is 1. The molecule has 6 atom stereocenters. The minimum atomic E-state index is -0.510. The molecule has 3 saturated carbocycles. The monoisotopic (exact) mass is 671 g/mol. The van der Waals surface area contributed by atoms with Crippen molar-refractivity contribution in [3.63, 3.8) is 0 Å². The summed E-state index contributed by atoms with van der Waals surface area (Å²) in [4.78, 5) is 30.7. The largest absolute Gasteiger partial charge is 0.352 e. The first-order valence-electron chi connectivity index (χ1n) is 17.8. The molecule has 45 heavy (non-hydrogen) atoms. The van der Waals surface area contributed by atoms with Gasteiger partial charge in [-0.05, 0) is 128 Å². The zero-order valence-corrected chi connectivity index (χ0v) is 29.3. The first-order chi connectivity index (χ1) is 21.7. The molecular weight excluding hydrogens is 622 g/mol. The third kappa shape index (κ3) is 5.12. The average molecular weight is 673 g/mol. The number of unbranched alkanes of at least 4 members (excludes halogenated alkanes) is 5. The third-order valence-corrected chi connectivity index (χ3v) is 13.7. The van der Waals surface area contributed by atoms with Gasteiger partial charge in [-0.2, -0.15) is 4.98 Å². The highest BCUT2D eigenvalue weighted by Gasteiger charge is 2.58. The van der Waals surface area contributed by atoms with Crippen molar-refractivity contribution in [3.05, 3.63) is 72.5 Å². The van der Waals surface area contributed by atoms with Crippen LogP contribution >= 0.6 is 15.9 Å². The average Bonchev–Trinajstić information content (AvgIpc) is 3.36. The van der Waals surface area contributed by atoms with Crippen LogP contribution in [0.25, 0.3) is 23.2 Å². The fraction of sp³-hybridized carbons (Fsp3) is 0.615. The van der Waals surface area contributed by atoms with E-state index in [-0.39, 0.29) is 11.0 Å². The highest BCUT2D eigenvalue weighted by atomic mass is 79.9. The maximum Gasteiger partial charge on any atom is 0.352 e. The first-order valence-corrected chi connectivity index (χ1v) is 18.6. The van der Waals surface area contributed by atoms with E-state index in [4.69, 9.17) is 0 Å². The number of hydrogen-bond acceptors (Lipinski definition) is 3. The summed E-state index contributed by atoms with van der Waals surface area (Å²) in [6.45, 7) is 7.51. The molecular formula is C39H50BrN3O2. The molecule has 0 amide bonds. The Balaban J connectivity index is 1.22. The summed E-state index contributed by atoms with van der Waals surface area (Å²) in [6, 6.07) is 10.2. The summed E-state index contributed by atoms with van der Waals surface area (Å²) in [7, 11) is 1.53. The van der Waals surface area contributed by atoms with Gasteiger partial charge >= 0.3 is 5.69 Å². The van der Waals surface area contributed by atoms with Gasteiger partial charge in [0.2, 0.25) is 0 Å². The van der Waals surface area contributed by atoms with E-state index in [9.17, 15) is 9.59 Å². The molecule has 3 fully saturated rings. The molecule has 0 N–H and O–H groups in total. The van der Waals surface area contributed by atoms with E-state index in [2.05, 4.69) is 58.4 Å². The number of hydrogen-bond donors (Lipinski definition) is 0. The zero-order valence-electron chi connectivity index (χ0n) is 27.7. The molecule has 0 unspecified atom stereocenters. The lowest BCUT2D eigenvalue weighted by Gasteiger charge is -2.58. The predicted octanol–water partition coefficient (Wildman–Crippen LogP) is 9.35. The van der Waals surface area contributed by atoms with Crippen molar-refractivity contribution in [1.29, 1.82) is 0 Å². The second-order valence-electron chi connectivity index (χ2n) is 15.4. The van der Waals surface area contributed by atoms with E-state index in [0.29, 0.717) is 22.7 Å². The van der Waals surface area contributed by atoms with Gasteiger partial charge in [-0.1, -0.05) is 80.8 Å². The summed E-state index contributed by atoms with van der Waals surface area (Å²) < 4.78 is 4.21. The van der Waals surface area contributed by atoms with Crippen LogP contribution in [-0.2, 0) is 13.5 Å². The van der Waals surface area contributed by atoms with Gasteiger partial charge in [0.05, 0.1) is 11.3 Å². The highest BCUT2D eigenvalue weighted by molar-refractivity contribution is 9.10. The Morgan fingerprint density at radius 3 is 2.49 bits per heavy atom. The second-order valence-corrected chi connectivity index (χ2v) is 16.3. The van der Waals surface area contributed by atoms with Crippen LogP contribution < -0.4 is 11.2 Å². The molecule has 1 aromatic rings. The van der Waals surface area contributed by atoms with Crippen LogP contribution in [0.3, 0.4) is 0 Å². The molecule has 5 nitrogen and oxygen atoms in total. The normalized spacial score (nSPS) is 30.4. The molecule has 2 aliphatic heterocycles. The Kier molecular flexibility index (Phi) is 8.28. The number of aromatic nitrogens is 3. The smallest absolute Gasteiger partial charge is 0.294 e. The van der Waals surface area contributed by atoms with Gasteiger partial charge in [0.15, 0.2) is 5.82 Å². The quantitative estimate of drug-likeness (QED) is 0.224.